The Kier molecular flexibility index (Phi) is 4.21. The van der Waals surface area contributed by atoms with Crippen LogP contribution in [0.1, 0.15) is 22.7 Å². The number of fused-ring (bicyclic) bond motifs is 1. The molecule has 1 saturated heterocycles. The molecule has 0 radical (unpaired) electrons. The molecule has 1 aliphatic heterocycles. The van der Waals surface area contributed by atoms with E-state index in [0.29, 0.717) is 30.1 Å². The molecule has 0 spiro atoms. The summed E-state index contributed by atoms with van der Waals surface area (Å²) in [7, 11) is 0. The number of ether oxygens (including phenoxy) is 2. The highest BCUT2D eigenvalue weighted by Gasteiger charge is 2.17. The molecule has 1 aliphatic rings. The third-order valence-electron chi connectivity index (χ3n) is 3.64. The molecule has 2 aromatic rings. The molecule has 6 heteroatoms. The minimum Gasteiger partial charge on any atom is -0.381 e. The van der Waals surface area contributed by atoms with Crippen molar-refractivity contribution in [2.24, 2.45) is 5.92 Å². The van der Waals surface area contributed by atoms with Crippen LogP contribution in [0, 0.1) is 19.8 Å². The van der Waals surface area contributed by atoms with E-state index in [1.54, 1.807) is 11.3 Å². The Morgan fingerprint density at radius 3 is 3.00 bits per heavy atom. The van der Waals surface area contributed by atoms with Crippen LogP contribution in [0.25, 0.3) is 10.2 Å². The molecular formula is C14H17ClN2O2S. The first-order valence-corrected chi connectivity index (χ1v) is 7.92. The molecular weight excluding hydrogens is 296 g/mol. The summed E-state index contributed by atoms with van der Waals surface area (Å²) in [6.45, 7) is 6.87. The third-order valence-corrected chi connectivity index (χ3v) is 5.01. The van der Waals surface area contributed by atoms with Gasteiger partial charge in [0, 0.05) is 17.4 Å². The lowest BCUT2D eigenvalue weighted by Gasteiger charge is -2.08. The Hall–Kier alpha value is -0.750. The van der Waals surface area contributed by atoms with E-state index < -0.39 is 0 Å². The summed E-state index contributed by atoms with van der Waals surface area (Å²) in [4.78, 5) is 11.1. The predicted octanol–water partition coefficient (Wildman–Crippen LogP) is 3.51. The first kappa shape index (κ1) is 14.2. The molecule has 108 valence electrons. The summed E-state index contributed by atoms with van der Waals surface area (Å²) in [5.41, 5.74) is 1.17. The minimum absolute atomic E-state index is 0.405. The maximum atomic E-state index is 6.27. The standard InChI is InChI=1S/C14H17ClN2O2S/c1-8-9(2)20-14-12(8)13(15)16-11(17-14)7-19-6-10-3-4-18-5-10/h10H,3-7H2,1-2H3. The highest BCUT2D eigenvalue weighted by Crippen LogP contribution is 2.32. The number of aryl methyl sites for hydroxylation is 2. The number of aromatic nitrogens is 2. The van der Waals surface area contributed by atoms with E-state index in [1.807, 2.05) is 0 Å². The maximum absolute atomic E-state index is 6.27. The summed E-state index contributed by atoms with van der Waals surface area (Å²) in [5.74, 6) is 1.16. The van der Waals surface area contributed by atoms with Gasteiger partial charge in [-0.25, -0.2) is 9.97 Å². The van der Waals surface area contributed by atoms with Crippen molar-refractivity contribution in [3.8, 4) is 0 Å². The third kappa shape index (κ3) is 2.81. The van der Waals surface area contributed by atoms with Crippen LogP contribution >= 0.6 is 22.9 Å². The number of hydrogen-bond acceptors (Lipinski definition) is 5. The van der Waals surface area contributed by atoms with E-state index in [1.165, 1.54) is 10.4 Å². The Bertz CT molecular complexity index is 623. The van der Waals surface area contributed by atoms with Crippen LogP contribution in [0.4, 0.5) is 0 Å². The fourth-order valence-electron chi connectivity index (χ4n) is 2.34. The normalized spacial score (nSPS) is 19.1. The lowest BCUT2D eigenvalue weighted by Crippen LogP contribution is -2.10. The van der Waals surface area contributed by atoms with Crippen LogP contribution in [0.5, 0.6) is 0 Å². The van der Waals surface area contributed by atoms with Crippen LogP contribution in [-0.2, 0) is 16.1 Å². The van der Waals surface area contributed by atoms with Crippen molar-refractivity contribution in [1.82, 2.24) is 9.97 Å². The predicted molar refractivity (Wildman–Crippen MR) is 80.5 cm³/mol. The molecule has 3 heterocycles. The zero-order chi connectivity index (χ0) is 14.1. The lowest BCUT2D eigenvalue weighted by atomic mass is 10.1. The molecule has 1 fully saturated rings. The lowest BCUT2D eigenvalue weighted by molar-refractivity contribution is 0.0755. The second-order valence-corrected chi connectivity index (χ2v) is 6.70. The summed E-state index contributed by atoms with van der Waals surface area (Å²) in [6, 6.07) is 0. The molecule has 0 N–H and O–H groups in total. The molecule has 1 atom stereocenters. The van der Waals surface area contributed by atoms with Crippen molar-refractivity contribution >= 4 is 33.2 Å². The first-order valence-electron chi connectivity index (χ1n) is 6.72. The van der Waals surface area contributed by atoms with Crippen molar-refractivity contribution in [1.29, 1.82) is 0 Å². The summed E-state index contributed by atoms with van der Waals surface area (Å²) >= 11 is 7.92. The molecule has 0 saturated carbocycles. The molecule has 0 bridgehead atoms. The van der Waals surface area contributed by atoms with E-state index in [2.05, 4.69) is 23.8 Å². The van der Waals surface area contributed by atoms with Gasteiger partial charge >= 0.3 is 0 Å². The first-order chi connectivity index (χ1) is 9.65. The van der Waals surface area contributed by atoms with Crippen LogP contribution in [0.3, 0.4) is 0 Å². The van der Waals surface area contributed by atoms with E-state index >= 15 is 0 Å². The van der Waals surface area contributed by atoms with Gasteiger partial charge < -0.3 is 9.47 Å². The van der Waals surface area contributed by atoms with Gasteiger partial charge in [-0.05, 0) is 25.8 Å². The van der Waals surface area contributed by atoms with Gasteiger partial charge in [0.1, 0.15) is 16.6 Å². The zero-order valence-electron chi connectivity index (χ0n) is 11.6. The summed E-state index contributed by atoms with van der Waals surface area (Å²) < 4.78 is 11.0. The van der Waals surface area contributed by atoms with E-state index in [0.717, 1.165) is 29.9 Å². The molecule has 2 aromatic heterocycles. The second-order valence-electron chi connectivity index (χ2n) is 5.14. The quantitative estimate of drug-likeness (QED) is 0.810. The van der Waals surface area contributed by atoms with Gasteiger partial charge in [0.25, 0.3) is 0 Å². The number of nitrogens with zero attached hydrogens (tertiary/aromatic N) is 2. The topological polar surface area (TPSA) is 44.2 Å². The molecule has 20 heavy (non-hydrogen) atoms. The van der Waals surface area contributed by atoms with Crippen molar-refractivity contribution in [2.45, 2.75) is 26.9 Å². The van der Waals surface area contributed by atoms with Crippen LogP contribution in [0.15, 0.2) is 0 Å². The minimum atomic E-state index is 0.405. The van der Waals surface area contributed by atoms with Crippen LogP contribution in [-0.4, -0.2) is 29.8 Å². The molecule has 0 amide bonds. The highest BCUT2D eigenvalue weighted by atomic mass is 35.5. The fourth-order valence-corrected chi connectivity index (χ4v) is 3.77. The van der Waals surface area contributed by atoms with E-state index in [9.17, 15) is 0 Å². The van der Waals surface area contributed by atoms with Gasteiger partial charge in [-0.3, -0.25) is 0 Å². The molecule has 3 rings (SSSR count). The second kappa shape index (κ2) is 5.93. The zero-order valence-corrected chi connectivity index (χ0v) is 13.2. The monoisotopic (exact) mass is 312 g/mol. The van der Waals surface area contributed by atoms with Crippen molar-refractivity contribution < 1.29 is 9.47 Å². The Morgan fingerprint density at radius 2 is 2.25 bits per heavy atom. The number of halogens is 1. The Labute approximate surface area is 127 Å². The van der Waals surface area contributed by atoms with Gasteiger partial charge in [0.2, 0.25) is 0 Å². The van der Waals surface area contributed by atoms with Crippen molar-refractivity contribution in [3.63, 3.8) is 0 Å². The van der Waals surface area contributed by atoms with Gasteiger partial charge in [0.05, 0.1) is 18.6 Å². The molecule has 0 aliphatic carbocycles. The van der Waals surface area contributed by atoms with Gasteiger partial charge in [0.15, 0.2) is 5.82 Å². The molecule has 4 nitrogen and oxygen atoms in total. The molecule has 0 aromatic carbocycles. The Morgan fingerprint density at radius 1 is 1.40 bits per heavy atom. The summed E-state index contributed by atoms with van der Waals surface area (Å²) in [5, 5.41) is 1.50. The van der Waals surface area contributed by atoms with E-state index in [4.69, 9.17) is 21.1 Å². The number of rotatable bonds is 4. The van der Waals surface area contributed by atoms with E-state index in [-0.39, 0.29) is 0 Å². The average Bonchev–Trinajstić information content (AvgIpc) is 2.99. The summed E-state index contributed by atoms with van der Waals surface area (Å²) in [6.07, 6.45) is 1.07. The largest absolute Gasteiger partial charge is 0.381 e. The smallest absolute Gasteiger partial charge is 0.157 e. The van der Waals surface area contributed by atoms with Gasteiger partial charge in [-0.15, -0.1) is 11.3 Å². The average molecular weight is 313 g/mol. The van der Waals surface area contributed by atoms with Gasteiger partial charge in [-0.2, -0.15) is 0 Å². The highest BCUT2D eigenvalue weighted by molar-refractivity contribution is 7.18. The number of thiophene rings is 1. The maximum Gasteiger partial charge on any atom is 0.157 e. The fraction of sp³-hybridized carbons (Fsp3) is 0.571. The van der Waals surface area contributed by atoms with Crippen LogP contribution in [0.2, 0.25) is 5.15 Å². The number of hydrogen-bond donors (Lipinski definition) is 0. The van der Waals surface area contributed by atoms with Crippen LogP contribution < -0.4 is 0 Å². The van der Waals surface area contributed by atoms with Gasteiger partial charge in [-0.1, -0.05) is 11.6 Å². The van der Waals surface area contributed by atoms with Crippen molar-refractivity contribution in [3.05, 3.63) is 21.4 Å². The Balaban J connectivity index is 1.72. The molecule has 1 unspecified atom stereocenters. The van der Waals surface area contributed by atoms with Crippen molar-refractivity contribution in [2.75, 3.05) is 19.8 Å². The SMILES string of the molecule is Cc1sc2nc(COCC3CCOC3)nc(Cl)c2c1C.